The van der Waals surface area contributed by atoms with Gasteiger partial charge in [-0.25, -0.2) is 0 Å². The van der Waals surface area contributed by atoms with Gasteiger partial charge in [0.2, 0.25) is 5.91 Å². The highest BCUT2D eigenvalue weighted by molar-refractivity contribution is 5.76. The van der Waals surface area contributed by atoms with Crippen LogP contribution >= 0.6 is 0 Å². The van der Waals surface area contributed by atoms with Gasteiger partial charge in [0.1, 0.15) is 0 Å². The first-order valence-electron chi connectivity index (χ1n) is 24.8. The summed E-state index contributed by atoms with van der Waals surface area (Å²) in [6.07, 6.45) is 86.3. The lowest BCUT2D eigenvalue weighted by atomic mass is 10.1. The number of nitrogens with one attached hydrogen (secondary N) is 1. The van der Waals surface area contributed by atoms with Crippen molar-refractivity contribution < 1.29 is 15.0 Å². The number of carbonyl (C=O) groups excluding carboxylic acids is 1. The minimum absolute atomic E-state index is 0.101. The summed E-state index contributed by atoms with van der Waals surface area (Å²) in [5.41, 5.74) is 0. The van der Waals surface area contributed by atoms with E-state index in [9.17, 15) is 15.0 Å². The van der Waals surface area contributed by atoms with Crippen LogP contribution in [-0.4, -0.2) is 34.9 Å². The van der Waals surface area contributed by atoms with E-state index in [1.165, 1.54) is 25.7 Å². The standard InChI is InChI=1S/C59H91NO3/c1-3-5-7-9-11-13-15-16-17-18-19-20-21-22-23-24-25-26-27-28-29-30-31-32-33-34-35-36-37-38-39-40-41-42-43-44-45-47-49-51-53-55-59(63)60-57(56-61)58(62)54-52-50-48-46-14-12-10-8-6-4-2/h5-8,11,13-14,16-17,19-20,22-23,25-26,28-29,31-32,34-35,37-38,40-41,46,52,54,57-58,61-62H,3-4,9-10,12,15,18,21,24,27,30,33,36,39,42-45,47-51,53,55-56H2,1-2H3,(H,60,63)/b7-5-,8-6+,13-11-,17-16-,20-19-,23-22-,26-25-,29-28-,32-31-,35-34-,38-37-,41-40-,46-14+,54-52+. The van der Waals surface area contributed by atoms with Gasteiger partial charge in [-0.3, -0.25) is 4.79 Å². The maximum absolute atomic E-state index is 12.4. The zero-order valence-electron chi connectivity index (χ0n) is 40.0. The first-order chi connectivity index (χ1) is 31.2. The molecule has 1 amide bonds. The molecule has 350 valence electrons. The molecule has 0 bridgehead atoms. The van der Waals surface area contributed by atoms with Gasteiger partial charge in [0.15, 0.2) is 0 Å². The third-order valence-electron chi connectivity index (χ3n) is 9.92. The van der Waals surface area contributed by atoms with Crippen LogP contribution in [0, 0.1) is 0 Å². The second kappa shape index (κ2) is 52.1. The zero-order chi connectivity index (χ0) is 45.6. The normalized spacial score (nSPS) is 14.4. The Kier molecular flexibility index (Phi) is 48.6. The maximum atomic E-state index is 12.4. The monoisotopic (exact) mass is 862 g/mol. The third-order valence-corrected chi connectivity index (χ3v) is 9.92. The molecule has 0 radical (unpaired) electrons. The Morgan fingerprint density at radius 3 is 1.05 bits per heavy atom. The van der Waals surface area contributed by atoms with Gasteiger partial charge in [0.05, 0.1) is 18.8 Å². The molecule has 0 aliphatic rings. The minimum Gasteiger partial charge on any atom is -0.394 e. The molecule has 0 aromatic heterocycles. The van der Waals surface area contributed by atoms with Crippen molar-refractivity contribution >= 4 is 5.91 Å². The van der Waals surface area contributed by atoms with Crippen LogP contribution in [0.25, 0.3) is 0 Å². The molecule has 0 rings (SSSR count). The van der Waals surface area contributed by atoms with Crippen molar-refractivity contribution in [2.24, 2.45) is 0 Å². The highest BCUT2D eigenvalue weighted by Gasteiger charge is 2.17. The van der Waals surface area contributed by atoms with E-state index < -0.39 is 12.1 Å². The molecule has 0 spiro atoms. The van der Waals surface area contributed by atoms with Crippen LogP contribution in [0.1, 0.15) is 174 Å². The summed E-state index contributed by atoms with van der Waals surface area (Å²) >= 11 is 0. The Balaban J connectivity index is 3.69. The molecule has 4 nitrogen and oxygen atoms in total. The first kappa shape index (κ1) is 58.8. The van der Waals surface area contributed by atoms with Gasteiger partial charge in [-0.05, 0) is 122 Å². The Hall–Kier alpha value is -4.25. The number of allylic oxidation sites excluding steroid dienone is 27. The molecule has 0 saturated carbocycles. The largest absolute Gasteiger partial charge is 0.394 e. The second-order valence-electron chi connectivity index (χ2n) is 15.7. The molecule has 0 aromatic carbocycles. The number of amides is 1. The highest BCUT2D eigenvalue weighted by atomic mass is 16.3. The Bertz CT molecular complexity index is 1440. The van der Waals surface area contributed by atoms with Gasteiger partial charge < -0.3 is 15.5 Å². The Labute approximate surface area is 388 Å². The number of rotatable bonds is 42. The van der Waals surface area contributed by atoms with Gasteiger partial charge in [0.25, 0.3) is 0 Å². The van der Waals surface area contributed by atoms with E-state index in [1.54, 1.807) is 6.08 Å². The minimum atomic E-state index is -0.884. The lowest BCUT2D eigenvalue weighted by Gasteiger charge is -2.19. The number of carbonyl (C=O) groups is 1. The van der Waals surface area contributed by atoms with Crippen LogP contribution in [-0.2, 0) is 4.79 Å². The van der Waals surface area contributed by atoms with Crippen LogP contribution < -0.4 is 5.32 Å². The van der Waals surface area contributed by atoms with Crippen molar-refractivity contribution in [3.8, 4) is 0 Å². The summed E-state index contributed by atoms with van der Waals surface area (Å²) in [6, 6.07) is -0.662. The van der Waals surface area contributed by atoms with Crippen LogP contribution in [0.2, 0.25) is 0 Å². The van der Waals surface area contributed by atoms with Crippen molar-refractivity contribution in [2.45, 2.75) is 187 Å². The SMILES string of the molecule is CC/C=C\C/C=C\C/C=C\C/C=C\C/C=C\C/C=C\C/C=C\C/C=C\C/C=C\C/C=C\C/C=C\CCCCCCCCCC(=O)NC(CO)C(O)/C=C/CC/C=C/CC/C=C/CC. The summed E-state index contributed by atoms with van der Waals surface area (Å²) in [7, 11) is 0. The molecular weight excluding hydrogens is 771 g/mol. The predicted octanol–water partition coefficient (Wildman–Crippen LogP) is 16.4. The van der Waals surface area contributed by atoms with Crippen molar-refractivity contribution in [1.29, 1.82) is 0 Å². The number of aliphatic hydroxyl groups is 2. The van der Waals surface area contributed by atoms with Crippen molar-refractivity contribution in [1.82, 2.24) is 5.32 Å². The lowest BCUT2D eigenvalue weighted by Crippen LogP contribution is -2.45. The Morgan fingerprint density at radius 2 is 0.667 bits per heavy atom. The van der Waals surface area contributed by atoms with E-state index in [0.717, 1.165) is 128 Å². The predicted molar refractivity (Wildman–Crippen MR) is 280 cm³/mol. The number of unbranched alkanes of at least 4 members (excludes halogenated alkanes) is 9. The van der Waals surface area contributed by atoms with Gasteiger partial charge in [-0.15, -0.1) is 0 Å². The molecule has 3 N–H and O–H groups in total. The molecular formula is C59H91NO3. The molecule has 0 aliphatic carbocycles. The molecule has 2 atom stereocenters. The van der Waals surface area contributed by atoms with Crippen LogP contribution in [0.3, 0.4) is 0 Å². The Morgan fingerprint density at radius 1 is 0.381 bits per heavy atom. The molecule has 63 heavy (non-hydrogen) atoms. The van der Waals surface area contributed by atoms with Crippen molar-refractivity contribution in [3.63, 3.8) is 0 Å². The lowest BCUT2D eigenvalue weighted by molar-refractivity contribution is -0.123. The highest BCUT2D eigenvalue weighted by Crippen LogP contribution is 2.11. The molecule has 4 heteroatoms. The van der Waals surface area contributed by atoms with E-state index in [-0.39, 0.29) is 12.5 Å². The molecule has 0 aliphatic heterocycles. The quantitative estimate of drug-likeness (QED) is 0.0423. The summed E-state index contributed by atoms with van der Waals surface area (Å²) < 4.78 is 0. The van der Waals surface area contributed by atoms with Crippen LogP contribution in [0.5, 0.6) is 0 Å². The van der Waals surface area contributed by atoms with Gasteiger partial charge in [-0.2, -0.15) is 0 Å². The number of hydrogen-bond donors (Lipinski definition) is 3. The smallest absolute Gasteiger partial charge is 0.220 e. The second-order valence-corrected chi connectivity index (χ2v) is 15.7. The van der Waals surface area contributed by atoms with Crippen LogP contribution in [0.4, 0.5) is 0 Å². The van der Waals surface area contributed by atoms with E-state index in [2.05, 4.69) is 177 Å². The van der Waals surface area contributed by atoms with Crippen LogP contribution in [0.15, 0.2) is 170 Å². The number of aliphatic hydroxyl groups excluding tert-OH is 2. The van der Waals surface area contributed by atoms with Gasteiger partial charge >= 0.3 is 0 Å². The molecule has 0 heterocycles. The zero-order valence-corrected chi connectivity index (χ0v) is 40.0. The fourth-order valence-electron chi connectivity index (χ4n) is 6.22. The molecule has 2 unspecified atom stereocenters. The van der Waals surface area contributed by atoms with E-state index in [1.807, 2.05) is 6.08 Å². The van der Waals surface area contributed by atoms with Crippen molar-refractivity contribution in [3.05, 3.63) is 170 Å². The summed E-state index contributed by atoms with van der Waals surface area (Å²) in [5, 5.41) is 22.9. The van der Waals surface area contributed by atoms with E-state index in [0.29, 0.717) is 6.42 Å². The average molecular weight is 862 g/mol. The van der Waals surface area contributed by atoms with E-state index >= 15 is 0 Å². The molecule has 0 saturated heterocycles. The van der Waals surface area contributed by atoms with Crippen molar-refractivity contribution in [2.75, 3.05) is 6.61 Å². The first-order valence-corrected chi connectivity index (χ1v) is 24.8. The summed E-state index contributed by atoms with van der Waals surface area (Å²) in [5.74, 6) is -0.101. The third kappa shape index (κ3) is 48.6. The fraction of sp³-hybridized carbons (Fsp3) is 0.508. The maximum Gasteiger partial charge on any atom is 0.220 e. The van der Waals surface area contributed by atoms with Gasteiger partial charge in [-0.1, -0.05) is 216 Å². The fourth-order valence-corrected chi connectivity index (χ4v) is 6.22. The number of hydrogen-bond acceptors (Lipinski definition) is 3. The summed E-state index contributed by atoms with van der Waals surface area (Å²) in [6.45, 7) is 4.02. The topological polar surface area (TPSA) is 69.6 Å². The molecule has 0 aromatic rings. The average Bonchev–Trinajstić information content (AvgIpc) is 3.29. The summed E-state index contributed by atoms with van der Waals surface area (Å²) in [4.78, 5) is 12.4. The van der Waals surface area contributed by atoms with E-state index in [4.69, 9.17) is 0 Å². The molecule has 0 fully saturated rings. The van der Waals surface area contributed by atoms with Gasteiger partial charge in [0, 0.05) is 6.42 Å².